The van der Waals surface area contributed by atoms with E-state index < -0.39 is 0 Å². The summed E-state index contributed by atoms with van der Waals surface area (Å²) in [4.78, 5) is 4.94. The Morgan fingerprint density at radius 1 is 1.20 bits per heavy atom. The van der Waals surface area contributed by atoms with E-state index in [1.54, 1.807) is 0 Å². The molecule has 1 N–H and O–H groups in total. The molecule has 0 atom stereocenters. The van der Waals surface area contributed by atoms with Crippen molar-refractivity contribution < 1.29 is 0 Å². The van der Waals surface area contributed by atoms with Gasteiger partial charge in [0, 0.05) is 64.6 Å². The molecule has 0 aliphatic carbocycles. The van der Waals surface area contributed by atoms with E-state index in [4.69, 9.17) is 0 Å². The van der Waals surface area contributed by atoms with Crippen molar-refractivity contribution in [3.05, 3.63) is 17.5 Å². The Balaban J connectivity index is 1.71. The summed E-state index contributed by atoms with van der Waals surface area (Å²) in [5, 5.41) is 8.11. The Hall–Kier alpha value is -0.910. The van der Waals surface area contributed by atoms with Crippen LogP contribution >= 0.6 is 0 Å². The summed E-state index contributed by atoms with van der Waals surface area (Å²) in [6.45, 7) is 12.3. The quantitative estimate of drug-likeness (QED) is 0.784. The van der Waals surface area contributed by atoms with Crippen molar-refractivity contribution >= 4 is 0 Å². The molecule has 5 nitrogen and oxygen atoms in total. The second-order valence-electron chi connectivity index (χ2n) is 6.19. The first kappa shape index (κ1) is 15.5. The number of aromatic nitrogens is 2. The molecule has 1 aliphatic heterocycles. The Labute approximate surface area is 122 Å². The predicted octanol–water partition coefficient (Wildman–Crippen LogP) is 0.881. The minimum absolute atomic E-state index is 0.491. The number of piperazine rings is 1. The van der Waals surface area contributed by atoms with Gasteiger partial charge in [-0.3, -0.25) is 9.58 Å². The molecule has 0 unspecified atom stereocenters. The van der Waals surface area contributed by atoms with Crippen LogP contribution in [0.2, 0.25) is 0 Å². The molecule has 1 fully saturated rings. The molecule has 1 aliphatic rings. The third-order valence-electron chi connectivity index (χ3n) is 4.00. The van der Waals surface area contributed by atoms with E-state index in [1.165, 1.54) is 37.4 Å². The highest BCUT2D eigenvalue weighted by molar-refractivity contribution is 5.19. The number of likely N-dealkylation sites (N-methyl/N-ethyl adjacent to an activating group) is 1. The highest BCUT2D eigenvalue weighted by atomic mass is 15.3. The van der Waals surface area contributed by atoms with Crippen molar-refractivity contribution in [2.75, 3.05) is 46.3 Å². The summed E-state index contributed by atoms with van der Waals surface area (Å²) >= 11 is 0. The number of hydrogen-bond donors (Lipinski definition) is 1. The van der Waals surface area contributed by atoms with Gasteiger partial charge >= 0.3 is 0 Å². The predicted molar refractivity (Wildman–Crippen MR) is 82.9 cm³/mol. The molecule has 114 valence electrons. The third-order valence-corrected chi connectivity index (χ3v) is 4.00. The fourth-order valence-electron chi connectivity index (χ4n) is 2.71. The van der Waals surface area contributed by atoms with Crippen LogP contribution in [0, 0.1) is 0 Å². The Bertz CT molecular complexity index is 404. The van der Waals surface area contributed by atoms with Gasteiger partial charge in [0.25, 0.3) is 0 Å². The number of nitrogens with zero attached hydrogens (tertiary/aromatic N) is 4. The molecule has 0 aromatic carbocycles. The molecule has 1 aromatic rings. The van der Waals surface area contributed by atoms with Gasteiger partial charge in [0.05, 0.1) is 5.69 Å². The van der Waals surface area contributed by atoms with Crippen LogP contribution in [0.15, 0.2) is 6.20 Å². The van der Waals surface area contributed by atoms with Crippen molar-refractivity contribution in [3.63, 3.8) is 0 Å². The fraction of sp³-hybridized carbons (Fsp3) is 0.800. The van der Waals surface area contributed by atoms with Gasteiger partial charge < -0.3 is 10.2 Å². The lowest BCUT2D eigenvalue weighted by Crippen LogP contribution is -2.46. The van der Waals surface area contributed by atoms with E-state index >= 15 is 0 Å². The van der Waals surface area contributed by atoms with Gasteiger partial charge in [-0.25, -0.2) is 0 Å². The zero-order valence-electron chi connectivity index (χ0n) is 13.4. The molecule has 0 spiro atoms. The van der Waals surface area contributed by atoms with E-state index in [2.05, 4.69) is 47.3 Å². The SMILES string of the molecule is CC(C)c1nn(C)cc1CNCCN1CCN(C)CC1. The number of aryl methyl sites for hydroxylation is 1. The number of hydrogen-bond acceptors (Lipinski definition) is 4. The first-order valence-electron chi connectivity index (χ1n) is 7.70. The van der Waals surface area contributed by atoms with Crippen molar-refractivity contribution in [1.29, 1.82) is 0 Å². The zero-order chi connectivity index (χ0) is 14.5. The summed E-state index contributed by atoms with van der Waals surface area (Å²) < 4.78 is 1.92. The average Bonchev–Trinajstić information content (AvgIpc) is 2.78. The number of nitrogens with one attached hydrogen (secondary N) is 1. The van der Waals surface area contributed by atoms with Gasteiger partial charge in [-0.2, -0.15) is 5.10 Å². The van der Waals surface area contributed by atoms with E-state index in [-0.39, 0.29) is 0 Å². The standard InChI is InChI=1S/C15H29N5/c1-13(2)15-14(12-19(4)17-15)11-16-5-6-20-9-7-18(3)8-10-20/h12-13,16H,5-11H2,1-4H3. The van der Waals surface area contributed by atoms with E-state index in [0.29, 0.717) is 5.92 Å². The first-order chi connectivity index (χ1) is 9.56. The van der Waals surface area contributed by atoms with Crippen LogP contribution in [0.1, 0.15) is 31.0 Å². The normalized spacial score (nSPS) is 18.1. The van der Waals surface area contributed by atoms with Crippen molar-refractivity contribution in [3.8, 4) is 0 Å². The Morgan fingerprint density at radius 2 is 1.90 bits per heavy atom. The highest BCUT2D eigenvalue weighted by Crippen LogP contribution is 2.16. The van der Waals surface area contributed by atoms with Crippen LogP contribution in [0.4, 0.5) is 0 Å². The largest absolute Gasteiger partial charge is 0.311 e. The van der Waals surface area contributed by atoms with Crippen molar-refractivity contribution in [1.82, 2.24) is 24.9 Å². The minimum Gasteiger partial charge on any atom is -0.311 e. The smallest absolute Gasteiger partial charge is 0.0694 e. The van der Waals surface area contributed by atoms with E-state index in [0.717, 1.165) is 19.6 Å². The molecule has 0 saturated carbocycles. The third kappa shape index (κ3) is 4.30. The molecular weight excluding hydrogens is 250 g/mol. The fourth-order valence-corrected chi connectivity index (χ4v) is 2.71. The Morgan fingerprint density at radius 3 is 2.55 bits per heavy atom. The van der Waals surface area contributed by atoms with Gasteiger partial charge in [-0.15, -0.1) is 0 Å². The van der Waals surface area contributed by atoms with Gasteiger partial charge in [0.2, 0.25) is 0 Å². The summed E-state index contributed by atoms with van der Waals surface area (Å²) in [7, 11) is 4.20. The van der Waals surface area contributed by atoms with Crippen LogP contribution in [-0.4, -0.2) is 65.9 Å². The second kappa shape index (κ2) is 7.20. The molecule has 1 saturated heterocycles. The van der Waals surface area contributed by atoms with Crippen LogP contribution in [-0.2, 0) is 13.6 Å². The van der Waals surface area contributed by atoms with E-state index in [1.807, 2.05) is 11.7 Å². The highest BCUT2D eigenvalue weighted by Gasteiger charge is 2.13. The van der Waals surface area contributed by atoms with Crippen LogP contribution in [0.25, 0.3) is 0 Å². The molecule has 5 heteroatoms. The molecule has 0 radical (unpaired) electrons. The van der Waals surface area contributed by atoms with Crippen LogP contribution in [0.3, 0.4) is 0 Å². The van der Waals surface area contributed by atoms with E-state index in [9.17, 15) is 0 Å². The summed E-state index contributed by atoms with van der Waals surface area (Å²) in [5.41, 5.74) is 2.56. The maximum Gasteiger partial charge on any atom is 0.0694 e. The molecule has 2 heterocycles. The number of rotatable bonds is 6. The lowest BCUT2D eigenvalue weighted by Gasteiger charge is -2.32. The Kier molecular flexibility index (Phi) is 5.57. The lowest BCUT2D eigenvalue weighted by molar-refractivity contribution is 0.154. The summed E-state index contributed by atoms with van der Waals surface area (Å²) in [6.07, 6.45) is 2.14. The second-order valence-corrected chi connectivity index (χ2v) is 6.19. The first-order valence-corrected chi connectivity index (χ1v) is 7.70. The molecule has 20 heavy (non-hydrogen) atoms. The van der Waals surface area contributed by atoms with Crippen molar-refractivity contribution in [2.24, 2.45) is 7.05 Å². The van der Waals surface area contributed by atoms with Gasteiger partial charge in [-0.05, 0) is 13.0 Å². The van der Waals surface area contributed by atoms with Gasteiger partial charge in [0.15, 0.2) is 0 Å². The van der Waals surface area contributed by atoms with Crippen LogP contribution in [0.5, 0.6) is 0 Å². The maximum atomic E-state index is 4.55. The van der Waals surface area contributed by atoms with Gasteiger partial charge in [-0.1, -0.05) is 13.8 Å². The molecule has 1 aromatic heterocycles. The molecule has 0 bridgehead atoms. The maximum absolute atomic E-state index is 4.55. The lowest BCUT2D eigenvalue weighted by atomic mass is 10.1. The van der Waals surface area contributed by atoms with Gasteiger partial charge in [0.1, 0.15) is 0 Å². The molecule has 2 rings (SSSR count). The topological polar surface area (TPSA) is 36.3 Å². The monoisotopic (exact) mass is 279 g/mol. The summed E-state index contributed by atoms with van der Waals surface area (Å²) in [6, 6.07) is 0. The van der Waals surface area contributed by atoms with Crippen molar-refractivity contribution in [2.45, 2.75) is 26.3 Å². The minimum atomic E-state index is 0.491. The van der Waals surface area contributed by atoms with Crippen LogP contribution < -0.4 is 5.32 Å². The summed E-state index contributed by atoms with van der Waals surface area (Å²) in [5.74, 6) is 0.491. The zero-order valence-corrected chi connectivity index (χ0v) is 13.4. The molecule has 0 amide bonds. The molecular formula is C15H29N5. The average molecular weight is 279 g/mol.